The van der Waals surface area contributed by atoms with Crippen molar-refractivity contribution in [3.63, 3.8) is 0 Å². The highest BCUT2D eigenvalue weighted by Gasteiger charge is 2.24. The van der Waals surface area contributed by atoms with E-state index in [0.29, 0.717) is 5.92 Å². The highest BCUT2D eigenvalue weighted by Crippen LogP contribution is 2.20. The summed E-state index contributed by atoms with van der Waals surface area (Å²) in [5.41, 5.74) is 3.53. The van der Waals surface area contributed by atoms with Crippen LogP contribution in [0.15, 0.2) is 24.3 Å². The largest absolute Gasteiger partial charge is 0.493 e. The normalized spacial score (nSPS) is 16.7. The molecule has 2 rings (SSSR count). The van der Waals surface area contributed by atoms with Crippen molar-refractivity contribution in [2.45, 2.75) is 33.2 Å². The lowest BCUT2D eigenvalue weighted by Crippen LogP contribution is -2.42. The molecule has 122 valence electrons. The molecule has 0 aromatic heterocycles. The maximum Gasteiger partial charge on any atom is 0.237 e. The molecule has 1 aliphatic rings. The van der Waals surface area contributed by atoms with Gasteiger partial charge in [-0.3, -0.25) is 15.1 Å². The first-order chi connectivity index (χ1) is 10.6. The molecule has 1 heterocycles. The molecule has 1 aromatic rings. The van der Waals surface area contributed by atoms with Crippen LogP contribution in [0.5, 0.6) is 5.75 Å². The zero-order valence-corrected chi connectivity index (χ0v) is 13.5. The van der Waals surface area contributed by atoms with E-state index in [1.54, 1.807) is 0 Å². The number of nitrogens with one attached hydrogen (secondary N) is 1. The maximum absolute atomic E-state index is 11.5. The summed E-state index contributed by atoms with van der Waals surface area (Å²) in [5, 5.41) is 0. The fourth-order valence-electron chi connectivity index (χ4n) is 2.68. The fraction of sp³-hybridized carbons (Fsp3) is 0.588. The third-order valence-corrected chi connectivity index (χ3v) is 4.01. The van der Waals surface area contributed by atoms with Gasteiger partial charge >= 0.3 is 0 Å². The van der Waals surface area contributed by atoms with Crippen LogP contribution in [0.1, 0.15) is 32.3 Å². The maximum atomic E-state index is 11.5. The van der Waals surface area contributed by atoms with Gasteiger partial charge in [-0.15, -0.1) is 0 Å². The van der Waals surface area contributed by atoms with Crippen molar-refractivity contribution in [1.29, 1.82) is 0 Å². The Bertz CT molecular complexity index is 465. The van der Waals surface area contributed by atoms with E-state index in [4.69, 9.17) is 10.6 Å². The second-order valence-corrected chi connectivity index (χ2v) is 6.41. The van der Waals surface area contributed by atoms with Gasteiger partial charge in [0.15, 0.2) is 0 Å². The molecule has 1 fully saturated rings. The minimum Gasteiger partial charge on any atom is -0.493 e. The number of amides is 1. The minimum absolute atomic E-state index is 0.0358. The Kier molecular flexibility index (Phi) is 6.21. The first-order valence-corrected chi connectivity index (χ1v) is 8.03. The van der Waals surface area contributed by atoms with Gasteiger partial charge in [-0.05, 0) is 49.5 Å². The van der Waals surface area contributed by atoms with Crippen molar-refractivity contribution < 1.29 is 9.53 Å². The molecule has 3 N–H and O–H groups in total. The molecule has 0 radical (unpaired) electrons. The summed E-state index contributed by atoms with van der Waals surface area (Å²) in [6.45, 7) is 7.82. The van der Waals surface area contributed by atoms with Gasteiger partial charge in [0, 0.05) is 12.5 Å². The summed E-state index contributed by atoms with van der Waals surface area (Å²) in [6, 6.07) is 8.31. The molecule has 1 aromatic carbocycles. The summed E-state index contributed by atoms with van der Waals surface area (Å²) >= 11 is 0. The molecule has 0 atom stereocenters. The number of hydrogen-bond acceptors (Lipinski definition) is 4. The van der Waals surface area contributed by atoms with Crippen molar-refractivity contribution in [2.75, 3.05) is 19.7 Å². The molecule has 1 saturated heterocycles. The monoisotopic (exact) mass is 305 g/mol. The molecule has 0 bridgehead atoms. The van der Waals surface area contributed by atoms with Crippen LogP contribution in [0.2, 0.25) is 0 Å². The zero-order valence-electron chi connectivity index (χ0n) is 13.5. The lowest BCUT2D eigenvalue weighted by atomic mass is 9.96. The number of carbonyl (C=O) groups excluding carboxylic acids is 1. The highest BCUT2D eigenvalue weighted by atomic mass is 16.5. The summed E-state index contributed by atoms with van der Waals surface area (Å²) in [7, 11) is 0. The van der Waals surface area contributed by atoms with E-state index in [2.05, 4.69) is 36.3 Å². The number of benzene rings is 1. The first kappa shape index (κ1) is 16.8. The lowest BCUT2D eigenvalue weighted by Gasteiger charge is -2.30. The standard InChI is InChI=1S/C17H27N3O2/c1-13(2)12-22-16-5-3-14(4-6-16)11-20-9-7-15(8-10-20)17(21)19-18/h3-6,13,15H,7-12,18H2,1-2H3,(H,19,21). The quantitative estimate of drug-likeness (QED) is 0.479. The van der Waals surface area contributed by atoms with Crippen LogP contribution in [0.4, 0.5) is 0 Å². The average molecular weight is 305 g/mol. The van der Waals surface area contributed by atoms with Gasteiger partial charge in [-0.1, -0.05) is 26.0 Å². The van der Waals surface area contributed by atoms with Crippen molar-refractivity contribution in [3.8, 4) is 5.75 Å². The van der Waals surface area contributed by atoms with Crippen LogP contribution < -0.4 is 16.0 Å². The fourth-order valence-corrected chi connectivity index (χ4v) is 2.68. The number of carbonyl (C=O) groups is 1. The molecule has 1 amide bonds. The van der Waals surface area contributed by atoms with Crippen LogP contribution >= 0.6 is 0 Å². The summed E-state index contributed by atoms with van der Waals surface area (Å²) < 4.78 is 5.70. The average Bonchev–Trinajstić information content (AvgIpc) is 2.54. The number of hydrazine groups is 1. The molecule has 5 nitrogen and oxygen atoms in total. The van der Waals surface area contributed by atoms with E-state index in [-0.39, 0.29) is 11.8 Å². The molecule has 1 aliphatic heterocycles. The Hall–Kier alpha value is -1.59. The summed E-state index contributed by atoms with van der Waals surface area (Å²) in [6.07, 6.45) is 1.75. The van der Waals surface area contributed by atoms with E-state index in [0.717, 1.165) is 44.8 Å². The van der Waals surface area contributed by atoms with Gasteiger partial charge < -0.3 is 4.74 Å². The van der Waals surface area contributed by atoms with Crippen molar-refractivity contribution in [2.24, 2.45) is 17.7 Å². The number of piperidine rings is 1. The minimum atomic E-state index is -0.0358. The molecule has 0 unspecified atom stereocenters. The highest BCUT2D eigenvalue weighted by molar-refractivity contribution is 5.78. The number of nitrogens with zero attached hydrogens (tertiary/aromatic N) is 1. The second-order valence-electron chi connectivity index (χ2n) is 6.41. The molecule has 5 heteroatoms. The van der Waals surface area contributed by atoms with E-state index >= 15 is 0 Å². The Morgan fingerprint density at radius 2 is 1.95 bits per heavy atom. The molecule has 22 heavy (non-hydrogen) atoms. The Labute approximate surface area is 132 Å². The molecule has 0 spiro atoms. The Morgan fingerprint density at radius 3 is 2.50 bits per heavy atom. The van der Waals surface area contributed by atoms with Crippen molar-refractivity contribution >= 4 is 5.91 Å². The molecular formula is C17H27N3O2. The van der Waals surface area contributed by atoms with Crippen LogP contribution in [0.3, 0.4) is 0 Å². The van der Waals surface area contributed by atoms with Gasteiger partial charge in [-0.25, -0.2) is 5.84 Å². The third kappa shape index (κ3) is 5.00. The van der Waals surface area contributed by atoms with E-state index in [9.17, 15) is 4.79 Å². The van der Waals surface area contributed by atoms with E-state index < -0.39 is 0 Å². The van der Waals surface area contributed by atoms with Crippen LogP contribution in [0.25, 0.3) is 0 Å². The Balaban J connectivity index is 1.78. The molecular weight excluding hydrogens is 278 g/mol. The Morgan fingerprint density at radius 1 is 1.32 bits per heavy atom. The van der Waals surface area contributed by atoms with Crippen molar-refractivity contribution in [3.05, 3.63) is 29.8 Å². The number of likely N-dealkylation sites (tertiary alicyclic amines) is 1. The second kappa shape index (κ2) is 8.15. The lowest BCUT2D eigenvalue weighted by molar-refractivity contribution is -0.126. The van der Waals surface area contributed by atoms with Crippen LogP contribution in [-0.2, 0) is 11.3 Å². The van der Waals surface area contributed by atoms with E-state index in [1.165, 1.54) is 5.56 Å². The topological polar surface area (TPSA) is 67.6 Å². The smallest absolute Gasteiger partial charge is 0.237 e. The van der Waals surface area contributed by atoms with Crippen LogP contribution in [0, 0.1) is 11.8 Å². The molecule has 0 saturated carbocycles. The van der Waals surface area contributed by atoms with Crippen molar-refractivity contribution in [1.82, 2.24) is 10.3 Å². The predicted octanol–water partition coefficient (Wildman–Crippen LogP) is 1.92. The number of nitrogens with two attached hydrogens (primary N) is 1. The number of ether oxygens (including phenoxy) is 1. The van der Waals surface area contributed by atoms with Crippen LogP contribution in [-0.4, -0.2) is 30.5 Å². The molecule has 0 aliphatic carbocycles. The van der Waals surface area contributed by atoms with E-state index in [1.807, 2.05) is 12.1 Å². The van der Waals surface area contributed by atoms with Gasteiger partial charge in [0.25, 0.3) is 0 Å². The van der Waals surface area contributed by atoms with Gasteiger partial charge in [0.2, 0.25) is 5.91 Å². The zero-order chi connectivity index (χ0) is 15.9. The number of hydrogen-bond donors (Lipinski definition) is 2. The predicted molar refractivity (Wildman–Crippen MR) is 87.1 cm³/mol. The third-order valence-electron chi connectivity index (χ3n) is 4.01. The first-order valence-electron chi connectivity index (χ1n) is 8.03. The summed E-state index contributed by atoms with van der Waals surface area (Å²) in [4.78, 5) is 13.9. The summed E-state index contributed by atoms with van der Waals surface area (Å²) in [5.74, 6) is 6.68. The van der Waals surface area contributed by atoms with Gasteiger partial charge in [-0.2, -0.15) is 0 Å². The SMILES string of the molecule is CC(C)COc1ccc(CN2CCC(C(=O)NN)CC2)cc1. The number of rotatable bonds is 6. The van der Waals surface area contributed by atoms with Gasteiger partial charge in [0.05, 0.1) is 6.61 Å². The van der Waals surface area contributed by atoms with Gasteiger partial charge in [0.1, 0.15) is 5.75 Å².